The fourth-order valence-corrected chi connectivity index (χ4v) is 2.47. The number of nitrogens with one attached hydrogen (secondary N) is 2. The monoisotopic (exact) mass is 310 g/mol. The summed E-state index contributed by atoms with van der Waals surface area (Å²) in [4.78, 5) is 10.7. The van der Waals surface area contributed by atoms with Gasteiger partial charge in [-0.1, -0.05) is 54.6 Å². The Kier molecular flexibility index (Phi) is 7.34. The normalized spacial score (nSPS) is 10.5. The maximum atomic E-state index is 10.7. The molecule has 0 unspecified atom stereocenters. The van der Waals surface area contributed by atoms with E-state index in [-0.39, 0.29) is 5.91 Å². The van der Waals surface area contributed by atoms with Gasteiger partial charge in [0.2, 0.25) is 5.91 Å². The minimum atomic E-state index is 0.0380. The van der Waals surface area contributed by atoms with E-state index >= 15 is 0 Å². The molecule has 1 amide bonds. The van der Waals surface area contributed by atoms with Crippen molar-refractivity contribution >= 4 is 5.91 Å². The van der Waals surface area contributed by atoms with Gasteiger partial charge in [0.05, 0.1) is 0 Å². The number of carbonyl (C=O) groups is 1. The standard InChI is InChI=1S/C20H26N2O/c1-17(23)22-15-5-14-21-16-20-12-10-19(11-13-20)9-8-18-6-3-2-4-7-18/h2-4,6-7,10-13,21H,5,8-9,14-16H2,1H3,(H,22,23). The molecule has 0 radical (unpaired) electrons. The van der Waals surface area contributed by atoms with Crippen LogP contribution in [0.4, 0.5) is 0 Å². The van der Waals surface area contributed by atoms with E-state index in [0.29, 0.717) is 0 Å². The van der Waals surface area contributed by atoms with Gasteiger partial charge >= 0.3 is 0 Å². The van der Waals surface area contributed by atoms with Gasteiger partial charge in [-0.25, -0.2) is 0 Å². The SMILES string of the molecule is CC(=O)NCCCNCc1ccc(CCc2ccccc2)cc1. The largest absolute Gasteiger partial charge is 0.356 e. The van der Waals surface area contributed by atoms with E-state index in [2.05, 4.69) is 65.2 Å². The third kappa shape index (κ3) is 7.11. The highest BCUT2D eigenvalue weighted by Crippen LogP contribution is 2.09. The van der Waals surface area contributed by atoms with E-state index in [4.69, 9.17) is 0 Å². The first-order chi connectivity index (χ1) is 11.2. The number of amides is 1. The molecule has 0 aromatic heterocycles. The second kappa shape index (κ2) is 9.80. The quantitative estimate of drug-likeness (QED) is 0.699. The smallest absolute Gasteiger partial charge is 0.216 e. The highest BCUT2D eigenvalue weighted by molar-refractivity contribution is 5.72. The number of benzene rings is 2. The Morgan fingerprint density at radius 1 is 0.826 bits per heavy atom. The average Bonchev–Trinajstić information content (AvgIpc) is 2.58. The zero-order chi connectivity index (χ0) is 16.3. The molecule has 3 heteroatoms. The second-order valence-electron chi connectivity index (χ2n) is 5.82. The maximum Gasteiger partial charge on any atom is 0.216 e. The van der Waals surface area contributed by atoms with Crippen molar-refractivity contribution in [3.63, 3.8) is 0 Å². The molecule has 0 heterocycles. The maximum absolute atomic E-state index is 10.7. The topological polar surface area (TPSA) is 41.1 Å². The fraction of sp³-hybridized carbons (Fsp3) is 0.350. The Bertz CT molecular complexity index is 578. The van der Waals surface area contributed by atoms with E-state index in [1.54, 1.807) is 6.92 Å². The van der Waals surface area contributed by atoms with Crippen molar-refractivity contribution in [3.8, 4) is 0 Å². The lowest BCUT2D eigenvalue weighted by Gasteiger charge is -2.07. The molecule has 2 aromatic carbocycles. The molecular formula is C20H26N2O. The van der Waals surface area contributed by atoms with E-state index in [1.807, 2.05) is 0 Å². The Hall–Kier alpha value is -2.13. The number of rotatable bonds is 9. The molecular weight excluding hydrogens is 284 g/mol. The van der Waals surface area contributed by atoms with E-state index in [0.717, 1.165) is 38.9 Å². The minimum Gasteiger partial charge on any atom is -0.356 e. The molecule has 0 bridgehead atoms. The van der Waals surface area contributed by atoms with Gasteiger partial charge in [0.25, 0.3) is 0 Å². The van der Waals surface area contributed by atoms with Gasteiger partial charge in [0.15, 0.2) is 0 Å². The molecule has 0 saturated heterocycles. The lowest BCUT2D eigenvalue weighted by Crippen LogP contribution is -2.24. The van der Waals surface area contributed by atoms with Crippen LogP contribution in [0.15, 0.2) is 54.6 Å². The molecule has 122 valence electrons. The van der Waals surface area contributed by atoms with Crippen molar-refractivity contribution in [2.45, 2.75) is 32.7 Å². The van der Waals surface area contributed by atoms with Gasteiger partial charge in [-0.05, 0) is 42.5 Å². The van der Waals surface area contributed by atoms with Crippen LogP contribution in [0.1, 0.15) is 30.0 Å². The Balaban J connectivity index is 1.65. The van der Waals surface area contributed by atoms with Gasteiger partial charge in [0.1, 0.15) is 0 Å². The summed E-state index contributed by atoms with van der Waals surface area (Å²) in [6.45, 7) is 4.07. The van der Waals surface area contributed by atoms with Crippen molar-refractivity contribution in [2.24, 2.45) is 0 Å². The highest BCUT2D eigenvalue weighted by Gasteiger charge is 1.97. The molecule has 23 heavy (non-hydrogen) atoms. The molecule has 0 saturated carbocycles. The number of hydrogen-bond acceptors (Lipinski definition) is 2. The average molecular weight is 310 g/mol. The first-order valence-electron chi connectivity index (χ1n) is 8.31. The summed E-state index contributed by atoms with van der Waals surface area (Å²) < 4.78 is 0. The molecule has 0 spiro atoms. The zero-order valence-electron chi connectivity index (χ0n) is 13.8. The summed E-state index contributed by atoms with van der Waals surface area (Å²) in [5.74, 6) is 0.0380. The summed E-state index contributed by atoms with van der Waals surface area (Å²) in [5.41, 5.74) is 4.06. The van der Waals surface area contributed by atoms with Crippen LogP contribution in [0.25, 0.3) is 0 Å². The molecule has 0 aliphatic carbocycles. The third-order valence-electron chi connectivity index (χ3n) is 3.80. The van der Waals surface area contributed by atoms with Gasteiger partial charge < -0.3 is 10.6 Å². The Morgan fingerprint density at radius 3 is 2.09 bits per heavy atom. The zero-order valence-corrected chi connectivity index (χ0v) is 13.8. The fourth-order valence-electron chi connectivity index (χ4n) is 2.47. The van der Waals surface area contributed by atoms with Gasteiger partial charge in [0, 0.05) is 20.0 Å². The molecule has 3 nitrogen and oxygen atoms in total. The van der Waals surface area contributed by atoms with Crippen LogP contribution in [0.2, 0.25) is 0 Å². The van der Waals surface area contributed by atoms with Crippen LogP contribution >= 0.6 is 0 Å². The van der Waals surface area contributed by atoms with Crippen molar-refractivity contribution in [3.05, 3.63) is 71.3 Å². The van der Waals surface area contributed by atoms with Crippen molar-refractivity contribution in [2.75, 3.05) is 13.1 Å². The summed E-state index contributed by atoms with van der Waals surface area (Å²) in [7, 11) is 0. The van der Waals surface area contributed by atoms with Crippen LogP contribution in [0, 0.1) is 0 Å². The van der Waals surface area contributed by atoms with Crippen molar-refractivity contribution < 1.29 is 4.79 Å². The van der Waals surface area contributed by atoms with E-state index in [9.17, 15) is 4.79 Å². The molecule has 0 aliphatic rings. The highest BCUT2D eigenvalue weighted by atomic mass is 16.1. The summed E-state index contributed by atoms with van der Waals surface area (Å²) in [6, 6.07) is 19.4. The predicted molar refractivity (Wildman–Crippen MR) is 95.3 cm³/mol. The van der Waals surface area contributed by atoms with Crippen LogP contribution in [-0.4, -0.2) is 19.0 Å². The summed E-state index contributed by atoms with van der Waals surface area (Å²) >= 11 is 0. The molecule has 2 aromatic rings. The van der Waals surface area contributed by atoms with E-state index < -0.39 is 0 Å². The predicted octanol–water partition coefficient (Wildman–Crippen LogP) is 3.09. The van der Waals surface area contributed by atoms with Gasteiger partial charge in [-0.3, -0.25) is 4.79 Å². The Labute approximate surface area is 139 Å². The van der Waals surface area contributed by atoms with Crippen LogP contribution in [0.5, 0.6) is 0 Å². The van der Waals surface area contributed by atoms with Crippen LogP contribution in [-0.2, 0) is 24.2 Å². The Morgan fingerprint density at radius 2 is 1.43 bits per heavy atom. The number of hydrogen-bond donors (Lipinski definition) is 2. The minimum absolute atomic E-state index is 0.0380. The van der Waals surface area contributed by atoms with Crippen LogP contribution in [0.3, 0.4) is 0 Å². The molecule has 0 atom stereocenters. The molecule has 2 N–H and O–H groups in total. The van der Waals surface area contributed by atoms with Crippen molar-refractivity contribution in [1.82, 2.24) is 10.6 Å². The van der Waals surface area contributed by atoms with Crippen LogP contribution < -0.4 is 10.6 Å². The lowest BCUT2D eigenvalue weighted by atomic mass is 10.0. The van der Waals surface area contributed by atoms with Crippen molar-refractivity contribution in [1.29, 1.82) is 0 Å². The van der Waals surface area contributed by atoms with Gasteiger partial charge in [-0.15, -0.1) is 0 Å². The first kappa shape index (κ1) is 17.2. The summed E-state index contributed by atoms with van der Waals surface area (Å²) in [5, 5.41) is 6.20. The summed E-state index contributed by atoms with van der Waals surface area (Å²) in [6.07, 6.45) is 3.12. The lowest BCUT2D eigenvalue weighted by molar-refractivity contribution is -0.118. The third-order valence-corrected chi connectivity index (χ3v) is 3.80. The first-order valence-corrected chi connectivity index (χ1v) is 8.31. The van der Waals surface area contributed by atoms with Gasteiger partial charge in [-0.2, -0.15) is 0 Å². The molecule has 2 rings (SSSR count). The molecule has 0 aliphatic heterocycles. The van der Waals surface area contributed by atoms with E-state index in [1.165, 1.54) is 16.7 Å². The molecule has 0 fully saturated rings. The number of aryl methyl sites for hydroxylation is 2. The number of carbonyl (C=O) groups excluding carboxylic acids is 1. The second-order valence-corrected chi connectivity index (χ2v) is 5.82.